The summed E-state index contributed by atoms with van der Waals surface area (Å²) in [4.78, 5) is 0. The number of hydrogen-bond acceptors (Lipinski definition) is 3. The molecule has 0 radical (unpaired) electrons. The molecule has 0 aliphatic heterocycles. The summed E-state index contributed by atoms with van der Waals surface area (Å²) in [5.74, 6) is 0. The fourth-order valence-electron chi connectivity index (χ4n) is 0.283. The Morgan fingerprint density at radius 2 is 1.38 bits per heavy atom. The summed E-state index contributed by atoms with van der Waals surface area (Å²) in [6, 6.07) is 0. The molecular weight excluding hydrogens is 117 g/mol. The van der Waals surface area contributed by atoms with Crippen LogP contribution in [0.2, 0.25) is 0 Å². The van der Waals surface area contributed by atoms with E-state index in [-0.39, 0.29) is 42.8 Å². The van der Waals surface area contributed by atoms with E-state index in [1.807, 2.05) is 0 Å². The van der Waals surface area contributed by atoms with Gasteiger partial charge in [0.25, 0.3) is 0 Å². The summed E-state index contributed by atoms with van der Waals surface area (Å²) in [7, 11) is 0. The second-order valence-electron chi connectivity index (χ2n) is 1.20. The summed E-state index contributed by atoms with van der Waals surface area (Å²) >= 11 is 0. The predicted molar refractivity (Wildman–Crippen MR) is 27.0 cm³/mol. The van der Waals surface area contributed by atoms with E-state index in [1.165, 1.54) is 0 Å². The van der Waals surface area contributed by atoms with Crippen LogP contribution in [0.25, 0.3) is 0 Å². The largest absolute Gasteiger partial charge is 1.00 e. The zero-order chi connectivity index (χ0) is 5.54. The van der Waals surface area contributed by atoms with Gasteiger partial charge in [0.2, 0.25) is 0 Å². The van der Waals surface area contributed by atoms with E-state index in [9.17, 15) is 0 Å². The molecule has 0 bridgehead atoms. The van der Waals surface area contributed by atoms with Crippen LogP contribution < -0.4 is 34.9 Å². The molecule has 0 aromatic carbocycles. The molecule has 0 aliphatic carbocycles. The number of rotatable bonds is 4. The van der Waals surface area contributed by atoms with Gasteiger partial charge in [-0.1, -0.05) is 0 Å². The molecule has 0 aromatic heterocycles. The van der Waals surface area contributed by atoms with Gasteiger partial charge in [-0.2, -0.15) is 0 Å². The third-order valence-corrected chi connectivity index (χ3v) is 0.577. The summed E-state index contributed by atoms with van der Waals surface area (Å²) in [5.41, 5.74) is 0. The van der Waals surface area contributed by atoms with E-state index >= 15 is 0 Å². The van der Waals surface area contributed by atoms with Crippen molar-refractivity contribution in [3.63, 3.8) is 0 Å². The first kappa shape index (κ1) is 11.6. The van der Waals surface area contributed by atoms with Crippen LogP contribution in [-0.2, 0) is 0 Å². The average Bonchev–Trinajstić information content (AvgIpc) is 1.69. The molecule has 3 N–H and O–H groups in total. The van der Waals surface area contributed by atoms with Crippen LogP contribution >= 0.6 is 0 Å². The van der Waals surface area contributed by atoms with Gasteiger partial charge in [0, 0.05) is 13.1 Å². The first-order chi connectivity index (χ1) is 3.41. The van der Waals surface area contributed by atoms with Crippen LogP contribution in [0.3, 0.4) is 0 Å². The van der Waals surface area contributed by atoms with Gasteiger partial charge in [-0.05, 0) is 0 Å². The Bertz CT molecular complexity index is 33.2. The van der Waals surface area contributed by atoms with Crippen LogP contribution in [0, 0.1) is 0 Å². The van der Waals surface area contributed by atoms with E-state index in [4.69, 9.17) is 10.2 Å². The Kier molecular flexibility index (Phi) is 15.7. The van der Waals surface area contributed by atoms with Crippen molar-refractivity contribution >= 4 is 0 Å². The second kappa shape index (κ2) is 10.8. The van der Waals surface area contributed by atoms with Gasteiger partial charge in [-0.15, -0.1) is 0 Å². The summed E-state index contributed by atoms with van der Waals surface area (Å²) < 4.78 is 0. The van der Waals surface area contributed by atoms with Crippen LogP contribution in [0.4, 0.5) is 0 Å². The Labute approximate surface area is 71.4 Å². The molecule has 0 rings (SSSR count). The Hall–Kier alpha value is 0.880. The zero-order valence-corrected chi connectivity index (χ0v) is 7.22. The van der Waals surface area contributed by atoms with Crippen molar-refractivity contribution in [2.24, 2.45) is 0 Å². The van der Waals surface area contributed by atoms with Gasteiger partial charge < -0.3 is 15.5 Å². The molecule has 3 nitrogen and oxygen atoms in total. The van der Waals surface area contributed by atoms with Crippen LogP contribution in [-0.4, -0.2) is 36.5 Å². The fraction of sp³-hybridized carbons (Fsp3) is 1.00. The summed E-state index contributed by atoms with van der Waals surface area (Å²) in [6.07, 6.45) is 0. The van der Waals surface area contributed by atoms with Crippen molar-refractivity contribution in [2.75, 3.05) is 26.3 Å². The zero-order valence-electron chi connectivity index (χ0n) is 5.22. The van der Waals surface area contributed by atoms with Crippen molar-refractivity contribution in [1.29, 1.82) is 0 Å². The Morgan fingerprint density at radius 1 is 1.00 bits per heavy atom. The van der Waals surface area contributed by atoms with Crippen molar-refractivity contribution in [2.45, 2.75) is 0 Å². The van der Waals surface area contributed by atoms with Gasteiger partial charge in [-0.25, -0.2) is 0 Å². The first-order valence-corrected chi connectivity index (χ1v) is 2.34. The standard InChI is InChI=1S/C4H11NO2.Na/c6-3-1-5-2-4-7;/h5-7H,1-4H2;/q;+1. The molecule has 0 amide bonds. The van der Waals surface area contributed by atoms with E-state index in [2.05, 4.69) is 5.32 Å². The number of aliphatic hydroxyl groups is 2. The molecular formula is C4H11NNaO2+. The monoisotopic (exact) mass is 128 g/mol. The first-order valence-electron chi connectivity index (χ1n) is 2.34. The second-order valence-corrected chi connectivity index (χ2v) is 1.20. The molecule has 0 saturated heterocycles. The van der Waals surface area contributed by atoms with E-state index in [1.54, 1.807) is 0 Å². The van der Waals surface area contributed by atoms with Crippen molar-refractivity contribution in [3.8, 4) is 0 Å². The molecule has 4 heteroatoms. The maximum Gasteiger partial charge on any atom is 1.00 e. The van der Waals surface area contributed by atoms with E-state index < -0.39 is 0 Å². The SMILES string of the molecule is OCCNCCO.[Na+]. The molecule has 0 atom stereocenters. The molecule has 0 heterocycles. The maximum atomic E-state index is 8.15. The normalized spacial score (nSPS) is 8.25. The smallest absolute Gasteiger partial charge is 0.395 e. The molecule has 44 valence electrons. The van der Waals surface area contributed by atoms with Crippen molar-refractivity contribution < 1.29 is 39.8 Å². The molecule has 0 fully saturated rings. The topological polar surface area (TPSA) is 52.5 Å². The van der Waals surface area contributed by atoms with Crippen LogP contribution in [0.1, 0.15) is 0 Å². The number of hydrogen-bond donors (Lipinski definition) is 3. The minimum Gasteiger partial charge on any atom is -0.395 e. The van der Waals surface area contributed by atoms with Crippen molar-refractivity contribution in [3.05, 3.63) is 0 Å². The maximum absolute atomic E-state index is 8.15. The summed E-state index contributed by atoms with van der Waals surface area (Å²) in [5, 5.41) is 19.1. The number of aliphatic hydroxyl groups excluding tert-OH is 2. The van der Waals surface area contributed by atoms with E-state index in [0.717, 1.165) is 0 Å². The Morgan fingerprint density at radius 3 is 1.62 bits per heavy atom. The van der Waals surface area contributed by atoms with Gasteiger partial charge in [0.1, 0.15) is 0 Å². The fourth-order valence-corrected chi connectivity index (χ4v) is 0.283. The third-order valence-electron chi connectivity index (χ3n) is 0.577. The molecule has 8 heavy (non-hydrogen) atoms. The van der Waals surface area contributed by atoms with Gasteiger partial charge >= 0.3 is 29.6 Å². The molecule has 0 spiro atoms. The minimum atomic E-state index is 0. The molecule has 0 aromatic rings. The van der Waals surface area contributed by atoms with Gasteiger partial charge in [-0.3, -0.25) is 0 Å². The minimum absolute atomic E-state index is 0. The quantitative estimate of drug-likeness (QED) is 0.264. The summed E-state index contributed by atoms with van der Waals surface area (Å²) in [6.45, 7) is 1.42. The van der Waals surface area contributed by atoms with E-state index in [0.29, 0.717) is 13.1 Å². The predicted octanol–water partition coefficient (Wildman–Crippen LogP) is -4.44. The molecule has 0 saturated carbocycles. The average molecular weight is 128 g/mol. The number of nitrogens with one attached hydrogen (secondary N) is 1. The Balaban J connectivity index is 0. The van der Waals surface area contributed by atoms with Crippen LogP contribution in [0.15, 0.2) is 0 Å². The molecule has 0 unspecified atom stereocenters. The van der Waals surface area contributed by atoms with Gasteiger partial charge in [0.05, 0.1) is 13.2 Å². The van der Waals surface area contributed by atoms with Crippen LogP contribution in [0.5, 0.6) is 0 Å². The van der Waals surface area contributed by atoms with Crippen molar-refractivity contribution in [1.82, 2.24) is 5.32 Å². The van der Waals surface area contributed by atoms with Gasteiger partial charge in [0.15, 0.2) is 0 Å². The third kappa shape index (κ3) is 9.99. The molecule has 0 aliphatic rings.